The highest BCUT2D eigenvalue weighted by atomic mass is 19.1. The van der Waals surface area contributed by atoms with Crippen molar-refractivity contribution < 1.29 is 23.8 Å². The van der Waals surface area contributed by atoms with Crippen LogP contribution in [0.1, 0.15) is 34.6 Å². The van der Waals surface area contributed by atoms with Gasteiger partial charge in [-0.25, -0.2) is 9.07 Å². The number of aromatic nitrogens is 2. The van der Waals surface area contributed by atoms with Gasteiger partial charge in [0, 0.05) is 24.3 Å². The van der Waals surface area contributed by atoms with E-state index in [1.807, 2.05) is 0 Å². The molecule has 2 aliphatic rings. The Kier molecular flexibility index (Phi) is 4.65. The molecule has 1 saturated heterocycles. The highest BCUT2D eigenvalue weighted by Crippen LogP contribution is 2.29. The van der Waals surface area contributed by atoms with E-state index in [-0.39, 0.29) is 24.7 Å². The van der Waals surface area contributed by atoms with Gasteiger partial charge >= 0.3 is 5.97 Å². The minimum Gasteiger partial charge on any atom is -0.481 e. The molecule has 1 atom stereocenters. The lowest BCUT2D eigenvalue weighted by molar-refractivity contribution is -0.141. The third-order valence-corrected chi connectivity index (χ3v) is 5.04. The summed E-state index contributed by atoms with van der Waals surface area (Å²) in [5.41, 5.74) is 2.41. The summed E-state index contributed by atoms with van der Waals surface area (Å²) in [5.74, 6) is -1.59. The van der Waals surface area contributed by atoms with Crippen LogP contribution in [0.4, 0.5) is 4.39 Å². The quantitative estimate of drug-likeness (QED) is 0.884. The lowest BCUT2D eigenvalue weighted by atomic mass is 10.1. The second kappa shape index (κ2) is 7.11. The molecule has 0 radical (unpaired) electrons. The second-order valence-electron chi connectivity index (χ2n) is 6.83. The summed E-state index contributed by atoms with van der Waals surface area (Å²) in [6.45, 7) is 0.892. The maximum Gasteiger partial charge on any atom is 0.306 e. The smallest absolute Gasteiger partial charge is 0.306 e. The number of aliphatic carboxylic acids is 1. The highest BCUT2D eigenvalue weighted by Gasteiger charge is 2.33. The minimum absolute atomic E-state index is 0.147. The van der Waals surface area contributed by atoms with Gasteiger partial charge in [-0.15, -0.1) is 0 Å². The van der Waals surface area contributed by atoms with Gasteiger partial charge in [0.15, 0.2) is 5.69 Å². The largest absolute Gasteiger partial charge is 0.481 e. The number of halogens is 1. The molecule has 1 N–H and O–H groups in total. The summed E-state index contributed by atoms with van der Waals surface area (Å²) in [4.78, 5) is 25.6. The van der Waals surface area contributed by atoms with E-state index in [4.69, 9.17) is 9.84 Å². The van der Waals surface area contributed by atoms with Crippen molar-refractivity contribution in [2.45, 2.75) is 31.8 Å². The van der Waals surface area contributed by atoms with Crippen molar-refractivity contribution in [2.75, 3.05) is 19.7 Å². The van der Waals surface area contributed by atoms with Crippen LogP contribution in [-0.2, 0) is 22.4 Å². The molecule has 1 aliphatic carbocycles. The second-order valence-corrected chi connectivity index (χ2v) is 6.83. The van der Waals surface area contributed by atoms with E-state index >= 15 is 0 Å². The summed E-state index contributed by atoms with van der Waals surface area (Å²) in [7, 11) is 0. The molecule has 8 heteroatoms. The SMILES string of the molecule is O=C(O)C[C@@H]1CN(C(=O)c2nn(-c3ccccc3F)c3c2CCC3)CCO1. The Morgan fingerprint density at radius 2 is 2.11 bits per heavy atom. The number of carboxylic acids is 1. The fourth-order valence-corrected chi connectivity index (χ4v) is 3.80. The first-order valence-electron chi connectivity index (χ1n) is 9.03. The molecule has 1 aromatic heterocycles. The lowest BCUT2D eigenvalue weighted by Gasteiger charge is -2.32. The van der Waals surface area contributed by atoms with Gasteiger partial charge in [0.1, 0.15) is 11.5 Å². The molecule has 1 aliphatic heterocycles. The van der Waals surface area contributed by atoms with Crippen molar-refractivity contribution >= 4 is 11.9 Å². The monoisotopic (exact) mass is 373 g/mol. The topological polar surface area (TPSA) is 84.7 Å². The molecule has 0 spiro atoms. The first-order valence-corrected chi connectivity index (χ1v) is 9.03. The van der Waals surface area contributed by atoms with Gasteiger partial charge in [0.05, 0.1) is 19.1 Å². The van der Waals surface area contributed by atoms with E-state index < -0.39 is 12.1 Å². The molecule has 0 unspecified atom stereocenters. The van der Waals surface area contributed by atoms with Crippen LogP contribution < -0.4 is 0 Å². The predicted octanol–water partition coefficient (Wildman–Crippen LogP) is 1.82. The zero-order valence-electron chi connectivity index (χ0n) is 14.7. The van der Waals surface area contributed by atoms with Gasteiger partial charge in [0.2, 0.25) is 0 Å². The third-order valence-electron chi connectivity index (χ3n) is 5.04. The molecule has 27 heavy (non-hydrogen) atoms. The Hall–Kier alpha value is -2.74. The number of amides is 1. The molecule has 1 amide bonds. The van der Waals surface area contributed by atoms with Crippen molar-refractivity contribution in [3.05, 3.63) is 47.0 Å². The van der Waals surface area contributed by atoms with Crippen LogP contribution in [0.25, 0.3) is 5.69 Å². The van der Waals surface area contributed by atoms with Crippen molar-refractivity contribution in [3.63, 3.8) is 0 Å². The number of carbonyl (C=O) groups excluding carboxylic acids is 1. The normalized spacial score (nSPS) is 19.1. The Morgan fingerprint density at radius 1 is 1.30 bits per heavy atom. The standard InChI is InChI=1S/C19H20FN3O4/c20-14-5-1-2-6-16(14)23-15-7-3-4-13(15)18(21-23)19(26)22-8-9-27-12(11-22)10-17(24)25/h1-2,5-6,12H,3-4,7-11H2,(H,24,25)/t12-/m1/s1. The van der Waals surface area contributed by atoms with Crippen LogP contribution in [0.3, 0.4) is 0 Å². The first-order chi connectivity index (χ1) is 13.0. The van der Waals surface area contributed by atoms with E-state index in [1.165, 1.54) is 6.07 Å². The zero-order valence-corrected chi connectivity index (χ0v) is 14.7. The van der Waals surface area contributed by atoms with Gasteiger partial charge in [-0.2, -0.15) is 5.10 Å². The fraction of sp³-hybridized carbons (Fsp3) is 0.421. The number of nitrogens with zero attached hydrogens (tertiary/aromatic N) is 3. The number of hydrogen-bond acceptors (Lipinski definition) is 4. The number of carboxylic acid groups (broad SMARTS) is 1. The van der Waals surface area contributed by atoms with Gasteiger partial charge in [-0.1, -0.05) is 12.1 Å². The van der Waals surface area contributed by atoms with Crippen LogP contribution in [0.15, 0.2) is 24.3 Å². The molecule has 4 rings (SSSR count). The lowest BCUT2D eigenvalue weighted by Crippen LogP contribution is -2.46. The molecule has 2 heterocycles. The molecule has 1 fully saturated rings. The Balaban J connectivity index is 1.64. The van der Waals surface area contributed by atoms with Crippen LogP contribution in [0, 0.1) is 5.82 Å². The average Bonchev–Trinajstić information content (AvgIpc) is 3.24. The molecule has 7 nitrogen and oxygen atoms in total. The van der Waals surface area contributed by atoms with E-state index in [2.05, 4.69) is 5.10 Å². The van der Waals surface area contributed by atoms with E-state index in [0.29, 0.717) is 24.5 Å². The summed E-state index contributed by atoms with van der Waals surface area (Å²) < 4.78 is 21.2. The molecule has 0 bridgehead atoms. The van der Waals surface area contributed by atoms with E-state index in [1.54, 1.807) is 27.8 Å². The number of hydrogen-bond donors (Lipinski definition) is 1. The van der Waals surface area contributed by atoms with E-state index in [0.717, 1.165) is 30.5 Å². The third kappa shape index (κ3) is 3.32. The van der Waals surface area contributed by atoms with Crippen molar-refractivity contribution in [2.24, 2.45) is 0 Å². The molecule has 1 aromatic carbocycles. The Bertz CT molecular complexity index is 895. The number of para-hydroxylation sites is 1. The molecular formula is C19H20FN3O4. The summed E-state index contributed by atoms with van der Waals surface area (Å²) in [5, 5.41) is 13.4. The maximum atomic E-state index is 14.3. The van der Waals surface area contributed by atoms with Gasteiger partial charge in [-0.3, -0.25) is 9.59 Å². The van der Waals surface area contributed by atoms with Gasteiger partial charge < -0.3 is 14.7 Å². The van der Waals surface area contributed by atoms with Crippen LogP contribution >= 0.6 is 0 Å². The van der Waals surface area contributed by atoms with Gasteiger partial charge in [0.25, 0.3) is 5.91 Å². The number of rotatable bonds is 4. The van der Waals surface area contributed by atoms with Crippen LogP contribution in [-0.4, -0.2) is 57.5 Å². The van der Waals surface area contributed by atoms with Crippen LogP contribution in [0.2, 0.25) is 0 Å². The number of carbonyl (C=O) groups is 2. The van der Waals surface area contributed by atoms with Crippen LogP contribution in [0.5, 0.6) is 0 Å². The Labute approximate surface area is 155 Å². The number of ether oxygens (including phenoxy) is 1. The number of benzene rings is 1. The molecular weight excluding hydrogens is 353 g/mol. The maximum absolute atomic E-state index is 14.3. The molecule has 2 aromatic rings. The molecule has 0 saturated carbocycles. The zero-order chi connectivity index (χ0) is 19.0. The Morgan fingerprint density at radius 3 is 2.89 bits per heavy atom. The van der Waals surface area contributed by atoms with Gasteiger partial charge in [-0.05, 0) is 31.4 Å². The van der Waals surface area contributed by atoms with E-state index in [9.17, 15) is 14.0 Å². The van der Waals surface area contributed by atoms with Crippen molar-refractivity contribution in [1.82, 2.24) is 14.7 Å². The summed E-state index contributed by atoms with van der Waals surface area (Å²) in [6.07, 6.45) is 1.70. The number of morpholine rings is 1. The first kappa shape index (κ1) is 17.7. The number of fused-ring (bicyclic) bond motifs is 1. The molecule has 142 valence electrons. The summed E-state index contributed by atoms with van der Waals surface area (Å²) >= 11 is 0. The summed E-state index contributed by atoms with van der Waals surface area (Å²) in [6, 6.07) is 6.37. The average molecular weight is 373 g/mol. The van der Waals surface area contributed by atoms with Crippen molar-refractivity contribution in [3.8, 4) is 5.69 Å². The van der Waals surface area contributed by atoms with Crippen molar-refractivity contribution in [1.29, 1.82) is 0 Å². The minimum atomic E-state index is -0.959. The highest BCUT2D eigenvalue weighted by molar-refractivity contribution is 5.94. The fourth-order valence-electron chi connectivity index (χ4n) is 3.80. The predicted molar refractivity (Wildman–Crippen MR) is 93.4 cm³/mol.